The topological polar surface area (TPSA) is 18.5 Å². The molecule has 8 heteroatoms. The molecule has 1 fully saturated rings. The van der Waals surface area contributed by atoms with Crippen LogP contribution in [0.1, 0.15) is 35.0 Å². The Balaban J connectivity index is 1.61. The van der Waals surface area contributed by atoms with Crippen LogP contribution < -0.4 is 0 Å². The molecule has 0 unspecified atom stereocenters. The van der Waals surface area contributed by atoms with Crippen molar-refractivity contribution in [1.82, 2.24) is 0 Å². The molecule has 0 radical (unpaired) electrons. The highest BCUT2D eigenvalue weighted by Crippen LogP contribution is 2.29. The molecule has 0 saturated carbocycles. The summed E-state index contributed by atoms with van der Waals surface area (Å²) < 4.78 is 91.2. The zero-order valence-electron chi connectivity index (χ0n) is 17.0. The lowest BCUT2D eigenvalue weighted by Gasteiger charge is -2.23. The fourth-order valence-electron chi connectivity index (χ4n) is 3.41. The third kappa shape index (κ3) is 5.38. The Hall–Kier alpha value is -3.28. The minimum atomic E-state index is -4.93. The molecule has 0 amide bonds. The smallest absolute Gasteiger partial charge is 0.348 e. The first-order chi connectivity index (χ1) is 15.7. The van der Waals surface area contributed by atoms with Gasteiger partial charge in [0, 0.05) is 11.5 Å². The summed E-state index contributed by atoms with van der Waals surface area (Å²) in [6.07, 6.45) is -1.27. The van der Waals surface area contributed by atoms with Gasteiger partial charge >= 0.3 is 6.18 Å². The molecule has 2 nitrogen and oxygen atoms in total. The van der Waals surface area contributed by atoms with E-state index in [4.69, 9.17) is 9.47 Å². The lowest BCUT2D eigenvalue weighted by atomic mass is 10.0. The fourth-order valence-corrected chi connectivity index (χ4v) is 3.41. The molecule has 1 aliphatic rings. The van der Waals surface area contributed by atoms with Crippen LogP contribution in [0.4, 0.5) is 26.3 Å². The number of hydrogen-bond donors (Lipinski definition) is 0. The van der Waals surface area contributed by atoms with E-state index in [0.29, 0.717) is 18.8 Å². The second kappa shape index (κ2) is 9.30. The SMILES string of the molecule is Fc1cc2cc(/C=C/c3ccc(C4OCCCO4)cc3)cc(F)c2c(F)c1C#CC(F)(F)F. The summed E-state index contributed by atoms with van der Waals surface area (Å²) in [7, 11) is 0. The van der Waals surface area contributed by atoms with E-state index in [1.54, 1.807) is 12.2 Å². The number of alkyl halides is 3. The Morgan fingerprint density at radius 1 is 0.848 bits per heavy atom. The van der Waals surface area contributed by atoms with Gasteiger partial charge in [-0.05, 0) is 41.1 Å². The quantitative estimate of drug-likeness (QED) is 0.243. The molecular weight excluding hydrogens is 446 g/mol. The first-order valence-electron chi connectivity index (χ1n) is 9.94. The summed E-state index contributed by atoms with van der Waals surface area (Å²) in [6.45, 7) is 1.24. The number of fused-ring (bicyclic) bond motifs is 1. The van der Waals surface area contributed by atoms with Gasteiger partial charge in [-0.25, -0.2) is 13.2 Å². The Bertz CT molecular complexity index is 1260. The van der Waals surface area contributed by atoms with E-state index in [0.717, 1.165) is 35.6 Å². The predicted molar refractivity (Wildman–Crippen MR) is 111 cm³/mol. The van der Waals surface area contributed by atoms with Crippen molar-refractivity contribution in [2.24, 2.45) is 0 Å². The maximum absolute atomic E-state index is 14.6. The van der Waals surface area contributed by atoms with Crippen LogP contribution in [0.2, 0.25) is 0 Å². The summed E-state index contributed by atoms with van der Waals surface area (Å²) in [5.74, 6) is -1.61. The van der Waals surface area contributed by atoms with Gasteiger partial charge in [0.1, 0.15) is 11.6 Å². The minimum absolute atomic E-state index is 0.135. The van der Waals surface area contributed by atoms with Crippen molar-refractivity contribution in [3.8, 4) is 11.8 Å². The molecule has 0 aliphatic carbocycles. The van der Waals surface area contributed by atoms with E-state index in [2.05, 4.69) is 0 Å². The molecule has 0 bridgehead atoms. The van der Waals surface area contributed by atoms with Crippen molar-refractivity contribution >= 4 is 22.9 Å². The van der Waals surface area contributed by atoms with Crippen LogP contribution in [-0.2, 0) is 9.47 Å². The molecule has 1 heterocycles. The molecule has 170 valence electrons. The summed E-state index contributed by atoms with van der Waals surface area (Å²) >= 11 is 0. The summed E-state index contributed by atoms with van der Waals surface area (Å²) in [6, 6.07) is 10.4. The Labute approximate surface area is 185 Å². The Morgan fingerprint density at radius 3 is 2.18 bits per heavy atom. The number of halogens is 6. The lowest BCUT2D eigenvalue weighted by molar-refractivity contribution is -0.183. The molecule has 4 rings (SSSR count). The summed E-state index contributed by atoms with van der Waals surface area (Å²) in [4.78, 5) is 0. The van der Waals surface area contributed by atoms with Crippen LogP contribution in [0.25, 0.3) is 22.9 Å². The van der Waals surface area contributed by atoms with Gasteiger partial charge in [0.05, 0.1) is 24.2 Å². The monoisotopic (exact) mass is 462 g/mol. The fraction of sp³-hybridized carbons (Fsp3) is 0.200. The summed E-state index contributed by atoms with van der Waals surface area (Å²) in [5, 5.41) is -0.763. The molecular formula is C25H16F6O2. The number of rotatable bonds is 3. The van der Waals surface area contributed by atoms with E-state index in [1.165, 1.54) is 12.0 Å². The number of benzene rings is 3. The molecule has 0 atom stereocenters. The van der Waals surface area contributed by atoms with Gasteiger partial charge in [-0.1, -0.05) is 42.3 Å². The van der Waals surface area contributed by atoms with Gasteiger partial charge in [-0.15, -0.1) is 0 Å². The van der Waals surface area contributed by atoms with E-state index in [1.807, 2.05) is 24.3 Å². The highest BCUT2D eigenvalue weighted by molar-refractivity contribution is 5.88. The lowest BCUT2D eigenvalue weighted by Crippen LogP contribution is -2.17. The van der Waals surface area contributed by atoms with Crippen LogP contribution in [0, 0.1) is 29.3 Å². The van der Waals surface area contributed by atoms with Crippen molar-refractivity contribution < 1.29 is 35.8 Å². The van der Waals surface area contributed by atoms with Gasteiger partial charge in [0.2, 0.25) is 0 Å². The van der Waals surface area contributed by atoms with Gasteiger partial charge in [-0.3, -0.25) is 0 Å². The highest BCUT2D eigenvalue weighted by Gasteiger charge is 2.24. The third-order valence-electron chi connectivity index (χ3n) is 4.94. The largest absolute Gasteiger partial charge is 0.458 e. The zero-order chi connectivity index (χ0) is 23.6. The number of hydrogen-bond acceptors (Lipinski definition) is 2. The van der Waals surface area contributed by atoms with Crippen LogP contribution in [0.5, 0.6) is 0 Å². The summed E-state index contributed by atoms with van der Waals surface area (Å²) in [5.41, 5.74) is 0.827. The maximum Gasteiger partial charge on any atom is 0.458 e. The Kier molecular flexibility index (Phi) is 6.45. The van der Waals surface area contributed by atoms with Gasteiger partial charge in [0.25, 0.3) is 0 Å². The highest BCUT2D eigenvalue weighted by atomic mass is 19.4. The van der Waals surface area contributed by atoms with Gasteiger partial charge in [0.15, 0.2) is 12.1 Å². The number of ether oxygens (including phenoxy) is 2. The van der Waals surface area contributed by atoms with Crippen LogP contribution in [0.3, 0.4) is 0 Å². The van der Waals surface area contributed by atoms with Crippen molar-refractivity contribution in [2.45, 2.75) is 18.9 Å². The van der Waals surface area contributed by atoms with Gasteiger partial charge < -0.3 is 9.47 Å². The first-order valence-corrected chi connectivity index (χ1v) is 9.94. The molecule has 3 aromatic carbocycles. The molecule has 0 spiro atoms. The van der Waals surface area contributed by atoms with Crippen molar-refractivity contribution in [2.75, 3.05) is 13.2 Å². The average Bonchev–Trinajstić information content (AvgIpc) is 2.77. The predicted octanol–water partition coefficient (Wildman–Crippen LogP) is 6.78. The van der Waals surface area contributed by atoms with Crippen molar-refractivity contribution in [3.63, 3.8) is 0 Å². The third-order valence-corrected chi connectivity index (χ3v) is 4.94. The van der Waals surface area contributed by atoms with Crippen LogP contribution >= 0.6 is 0 Å². The van der Waals surface area contributed by atoms with Crippen LogP contribution in [-0.4, -0.2) is 19.4 Å². The molecule has 33 heavy (non-hydrogen) atoms. The van der Waals surface area contributed by atoms with E-state index in [9.17, 15) is 26.3 Å². The van der Waals surface area contributed by atoms with Crippen molar-refractivity contribution in [1.29, 1.82) is 0 Å². The second-order valence-corrected chi connectivity index (χ2v) is 7.32. The standard InChI is InChI=1S/C25H16F6O2/c26-20-14-18-12-16(13-21(27)22(18)23(28)19(20)8-9-25(29,30)31)3-2-15-4-6-17(7-5-15)24-32-10-1-11-33-24/h2-7,12-14,24H,1,10-11H2/b3-2+. The second-order valence-electron chi connectivity index (χ2n) is 7.32. The Morgan fingerprint density at radius 2 is 1.52 bits per heavy atom. The van der Waals surface area contributed by atoms with Crippen molar-refractivity contribution in [3.05, 3.63) is 82.2 Å². The molecule has 1 aliphatic heterocycles. The normalized spacial score (nSPS) is 15.1. The first kappa shape index (κ1) is 22.9. The minimum Gasteiger partial charge on any atom is -0.348 e. The van der Waals surface area contributed by atoms with Gasteiger partial charge in [-0.2, -0.15) is 13.2 Å². The molecule has 1 saturated heterocycles. The zero-order valence-corrected chi connectivity index (χ0v) is 17.0. The van der Waals surface area contributed by atoms with Crippen LogP contribution in [0.15, 0.2) is 42.5 Å². The molecule has 3 aromatic rings. The maximum atomic E-state index is 14.6. The average molecular weight is 462 g/mol. The molecule has 0 aromatic heterocycles. The van der Waals surface area contributed by atoms with E-state index in [-0.39, 0.29) is 5.39 Å². The molecule has 0 N–H and O–H groups in total. The van der Waals surface area contributed by atoms with E-state index >= 15 is 0 Å². The van der Waals surface area contributed by atoms with E-state index < -0.39 is 40.9 Å².